The van der Waals surface area contributed by atoms with Crippen molar-refractivity contribution in [3.8, 4) is 5.75 Å². The van der Waals surface area contributed by atoms with E-state index in [4.69, 9.17) is 27.9 Å². The average Bonchev–Trinajstić information content (AvgIpc) is 2.56. The highest BCUT2D eigenvalue weighted by Gasteiger charge is 2.30. The second kappa shape index (κ2) is 9.09. The van der Waals surface area contributed by atoms with E-state index in [1.165, 1.54) is 0 Å². The number of pyridine rings is 1. The van der Waals surface area contributed by atoms with Gasteiger partial charge in [-0.2, -0.15) is 13.2 Å². The van der Waals surface area contributed by atoms with Crippen molar-refractivity contribution in [1.82, 2.24) is 4.98 Å². The van der Waals surface area contributed by atoms with Crippen LogP contribution in [0.15, 0.2) is 36.5 Å². The van der Waals surface area contributed by atoms with Crippen LogP contribution >= 0.6 is 23.2 Å². The Hall–Kier alpha value is -1.99. The first-order chi connectivity index (χ1) is 12.3. The molecule has 0 saturated carbocycles. The summed E-state index contributed by atoms with van der Waals surface area (Å²) in [6.07, 6.45) is -2.50. The van der Waals surface area contributed by atoms with Gasteiger partial charge in [-0.25, -0.2) is 4.98 Å². The van der Waals surface area contributed by atoms with Crippen molar-refractivity contribution in [3.05, 3.63) is 52.1 Å². The van der Waals surface area contributed by atoms with Crippen LogP contribution in [0.1, 0.15) is 24.8 Å². The fraction of sp³-hybridized carbons (Fsp3) is 0.294. The highest BCUT2D eigenvalue weighted by atomic mass is 35.5. The Balaban J connectivity index is 1.71. The fourth-order valence-electron chi connectivity index (χ4n) is 2.02. The molecule has 0 bridgehead atoms. The summed E-state index contributed by atoms with van der Waals surface area (Å²) in [6.45, 7) is 0.329. The number of amides is 1. The molecule has 1 N–H and O–H groups in total. The molecule has 2 aromatic rings. The summed E-state index contributed by atoms with van der Waals surface area (Å²) in [5.41, 5.74) is -0.870. The van der Waals surface area contributed by atoms with Crippen LogP contribution in [0.3, 0.4) is 0 Å². The molecule has 140 valence electrons. The van der Waals surface area contributed by atoms with E-state index in [-0.39, 0.29) is 18.1 Å². The minimum absolute atomic E-state index is 0.0714. The van der Waals surface area contributed by atoms with Crippen molar-refractivity contribution in [2.75, 3.05) is 11.9 Å². The summed E-state index contributed by atoms with van der Waals surface area (Å²) in [4.78, 5) is 15.4. The zero-order valence-corrected chi connectivity index (χ0v) is 15.0. The van der Waals surface area contributed by atoms with Crippen LogP contribution < -0.4 is 10.1 Å². The molecule has 0 aliphatic carbocycles. The van der Waals surface area contributed by atoms with Crippen LogP contribution in [-0.4, -0.2) is 17.5 Å². The second-order valence-corrected chi connectivity index (χ2v) is 6.15. The summed E-state index contributed by atoms with van der Waals surface area (Å²) in [5, 5.41) is 3.26. The number of nitrogens with one attached hydrogen (secondary N) is 1. The van der Waals surface area contributed by atoms with E-state index in [0.29, 0.717) is 41.4 Å². The lowest BCUT2D eigenvalue weighted by molar-refractivity contribution is -0.137. The number of alkyl halides is 3. The number of unbranched alkanes of at least 4 members (excludes halogenated alkanes) is 1. The van der Waals surface area contributed by atoms with Gasteiger partial charge in [-0.15, -0.1) is 0 Å². The van der Waals surface area contributed by atoms with Gasteiger partial charge in [0.1, 0.15) is 5.82 Å². The van der Waals surface area contributed by atoms with Crippen LogP contribution in [0, 0.1) is 0 Å². The van der Waals surface area contributed by atoms with Gasteiger partial charge in [-0.1, -0.05) is 29.3 Å². The summed E-state index contributed by atoms with van der Waals surface area (Å²) in [5.74, 6) is 0.129. The van der Waals surface area contributed by atoms with Gasteiger partial charge in [0.15, 0.2) is 5.75 Å². The molecule has 1 aromatic heterocycles. The quantitative estimate of drug-likeness (QED) is 0.609. The highest BCUT2D eigenvalue weighted by molar-refractivity contribution is 6.37. The Morgan fingerprint density at radius 3 is 2.38 bits per heavy atom. The Bertz CT molecular complexity index is 732. The van der Waals surface area contributed by atoms with Crippen LogP contribution in [0.25, 0.3) is 0 Å². The van der Waals surface area contributed by atoms with Crippen LogP contribution in [0.2, 0.25) is 10.0 Å². The maximum Gasteiger partial charge on any atom is 0.417 e. The second-order valence-electron chi connectivity index (χ2n) is 5.33. The van der Waals surface area contributed by atoms with E-state index in [9.17, 15) is 18.0 Å². The molecule has 0 atom stereocenters. The number of hydrogen-bond donors (Lipinski definition) is 1. The number of carbonyl (C=O) groups excluding carboxylic acids is 1. The number of carbonyl (C=O) groups is 1. The first-order valence-electron chi connectivity index (χ1n) is 7.67. The molecule has 1 amide bonds. The Morgan fingerprint density at radius 1 is 1.12 bits per heavy atom. The number of halogens is 5. The van der Waals surface area contributed by atoms with Gasteiger partial charge in [-0.05, 0) is 37.1 Å². The topological polar surface area (TPSA) is 51.2 Å². The van der Waals surface area contributed by atoms with E-state index in [1.807, 2.05) is 0 Å². The zero-order chi connectivity index (χ0) is 19.2. The van der Waals surface area contributed by atoms with Crippen LogP contribution in [0.5, 0.6) is 5.75 Å². The first kappa shape index (κ1) is 20.3. The van der Waals surface area contributed by atoms with Gasteiger partial charge >= 0.3 is 6.18 Å². The van der Waals surface area contributed by atoms with E-state index < -0.39 is 11.7 Å². The molecule has 0 unspecified atom stereocenters. The standard InChI is InChI=1S/C17H15Cl2F3N2O2/c18-12-4-3-5-13(19)16(12)26-9-2-1-6-15(25)24-14-8-7-11(10-23-14)17(20,21)22/h3-5,7-8,10H,1-2,6,9H2,(H,23,24,25). The van der Waals surface area contributed by atoms with Crippen molar-refractivity contribution >= 4 is 34.9 Å². The molecular formula is C17H15Cl2F3N2O2. The molecule has 0 saturated heterocycles. The normalized spacial score (nSPS) is 11.3. The van der Waals surface area contributed by atoms with Crippen molar-refractivity contribution < 1.29 is 22.7 Å². The van der Waals surface area contributed by atoms with E-state index in [1.54, 1.807) is 18.2 Å². The monoisotopic (exact) mass is 406 g/mol. The third kappa shape index (κ3) is 6.07. The number of aromatic nitrogens is 1. The molecule has 0 fully saturated rings. The van der Waals surface area contributed by atoms with Gasteiger partial charge in [0.05, 0.1) is 22.2 Å². The van der Waals surface area contributed by atoms with Gasteiger partial charge in [-0.3, -0.25) is 4.79 Å². The number of rotatable bonds is 7. The van der Waals surface area contributed by atoms with Crippen LogP contribution in [0.4, 0.5) is 19.0 Å². The molecule has 0 radical (unpaired) electrons. The van der Waals surface area contributed by atoms with E-state index >= 15 is 0 Å². The lowest BCUT2D eigenvalue weighted by Crippen LogP contribution is -2.13. The number of para-hydroxylation sites is 1. The molecule has 9 heteroatoms. The fourth-order valence-corrected chi connectivity index (χ4v) is 2.53. The number of benzene rings is 1. The number of hydrogen-bond acceptors (Lipinski definition) is 3. The predicted molar refractivity (Wildman–Crippen MR) is 93.7 cm³/mol. The van der Waals surface area contributed by atoms with Crippen LogP contribution in [-0.2, 0) is 11.0 Å². The molecular weight excluding hydrogens is 392 g/mol. The molecule has 0 spiro atoms. The van der Waals surface area contributed by atoms with Crippen molar-refractivity contribution in [1.29, 1.82) is 0 Å². The maximum atomic E-state index is 12.4. The molecule has 26 heavy (non-hydrogen) atoms. The molecule has 2 rings (SSSR count). The first-order valence-corrected chi connectivity index (χ1v) is 8.43. The summed E-state index contributed by atoms with van der Waals surface area (Å²) in [7, 11) is 0. The SMILES string of the molecule is O=C(CCCCOc1c(Cl)cccc1Cl)Nc1ccc(C(F)(F)F)cn1. The largest absolute Gasteiger partial charge is 0.490 e. The van der Waals surface area contributed by atoms with Gasteiger partial charge in [0, 0.05) is 12.6 Å². The Kier molecular flexibility index (Phi) is 7.11. The van der Waals surface area contributed by atoms with Crippen molar-refractivity contribution in [2.24, 2.45) is 0 Å². The van der Waals surface area contributed by atoms with Crippen molar-refractivity contribution in [2.45, 2.75) is 25.4 Å². The minimum Gasteiger partial charge on any atom is -0.490 e. The van der Waals surface area contributed by atoms with E-state index in [2.05, 4.69) is 10.3 Å². The molecule has 4 nitrogen and oxygen atoms in total. The minimum atomic E-state index is -4.46. The number of anilines is 1. The predicted octanol–water partition coefficient (Wildman–Crippen LogP) is 5.60. The highest BCUT2D eigenvalue weighted by Crippen LogP contribution is 2.32. The van der Waals surface area contributed by atoms with E-state index in [0.717, 1.165) is 12.1 Å². The molecule has 0 aliphatic rings. The van der Waals surface area contributed by atoms with Gasteiger partial charge in [0.25, 0.3) is 0 Å². The molecule has 1 heterocycles. The lowest BCUT2D eigenvalue weighted by Gasteiger charge is -2.10. The number of nitrogens with zero attached hydrogens (tertiary/aromatic N) is 1. The average molecular weight is 407 g/mol. The molecule has 0 aliphatic heterocycles. The third-order valence-electron chi connectivity index (χ3n) is 3.32. The number of ether oxygens (including phenoxy) is 1. The summed E-state index contributed by atoms with van der Waals surface area (Å²) < 4.78 is 42.8. The molecule has 1 aromatic carbocycles. The summed E-state index contributed by atoms with van der Waals surface area (Å²) >= 11 is 11.9. The Morgan fingerprint density at radius 2 is 1.81 bits per heavy atom. The lowest BCUT2D eigenvalue weighted by atomic mass is 10.2. The van der Waals surface area contributed by atoms with Gasteiger partial charge in [0.2, 0.25) is 5.91 Å². The van der Waals surface area contributed by atoms with Gasteiger partial charge < -0.3 is 10.1 Å². The summed E-state index contributed by atoms with van der Waals surface area (Å²) in [6, 6.07) is 7.00. The van der Waals surface area contributed by atoms with Crippen molar-refractivity contribution in [3.63, 3.8) is 0 Å². The third-order valence-corrected chi connectivity index (χ3v) is 3.92. The maximum absolute atomic E-state index is 12.4. The Labute approximate surface area is 158 Å². The smallest absolute Gasteiger partial charge is 0.417 e. The zero-order valence-electron chi connectivity index (χ0n) is 13.4.